The van der Waals surface area contributed by atoms with Crippen LogP contribution in [0.3, 0.4) is 0 Å². The molecule has 1 atom stereocenters. The molecule has 0 spiro atoms. The van der Waals surface area contributed by atoms with E-state index in [0.29, 0.717) is 6.61 Å². The number of nitrogens with zero attached hydrogens (tertiary/aromatic N) is 1. The first-order valence-corrected chi connectivity index (χ1v) is 7.39. The van der Waals surface area contributed by atoms with Crippen LogP contribution in [-0.2, 0) is 0 Å². The van der Waals surface area contributed by atoms with Crippen LogP contribution in [0.4, 0.5) is 0 Å². The van der Waals surface area contributed by atoms with Gasteiger partial charge in [0.05, 0.1) is 12.7 Å². The van der Waals surface area contributed by atoms with Crippen LogP contribution in [0.1, 0.15) is 26.2 Å². The number of rotatable bonds is 7. The van der Waals surface area contributed by atoms with E-state index in [1.165, 1.54) is 5.39 Å². The zero-order chi connectivity index (χ0) is 15.1. The van der Waals surface area contributed by atoms with Crippen molar-refractivity contribution in [3.05, 3.63) is 42.5 Å². The Morgan fingerprint density at radius 2 is 1.90 bits per heavy atom. The Balaban J connectivity index is 1.85. The highest BCUT2D eigenvalue weighted by atomic mass is 16.5. The molecule has 0 aliphatic heterocycles. The topological polar surface area (TPSA) is 45.0 Å². The summed E-state index contributed by atoms with van der Waals surface area (Å²) in [5, 5.41) is 14.5. The predicted octanol–water partition coefficient (Wildman–Crippen LogP) is 3.89. The van der Waals surface area contributed by atoms with E-state index in [1.807, 2.05) is 38.2 Å². The lowest BCUT2D eigenvalue weighted by molar-refractivity contribution is 0.300. The summed E-state index contributed by atoms with van der Waals surface area (Å²) in [6.07, 6.45) is 2.75. The van der Waals surface area contributed by atoms with Crippen LogP contribution in [-0.4, -0.2) is 19.2 Å². The van der Waals surface area contributed by atoms with Gasteiger partial charge in [-0.1, -0.05) is 36.4 Å². The summed E-state index contributed by atoms with van der Waals surface area (Å²) in [7, 11) is 1.83. The van der Waals surface area contributed by atoms with Crippen LogP contribution in [0.5, 0.6) is 5.75 Å². The normalized spacial score (nSPS) is 13.6. The van der Waals surface area contributed by atoms with Crippen LogP contribution in [0.25, 0.3) is 10.8 Å². The number of fused-ring (bicyclic) bond motifs is 1. The average Bonchev–Trinajstić information content (AvgIpc) is 2.54. The molecule has 3 nitrogen and oxygen atoms in total. The minimum Gasteiger partial charge on any atom is -0.493 e. The van der Waals surface area contributed by atoms with Gasteiger partial charge in [-0.3, -0.25) is 0 Å². The molecule has 1 N–H and O–H groups in total. The Bertz CT molecular complexity index is 627. The van der Waals surface area contributed by atoms with Gasteiger partial charge in [0, 0.05) is 5.39 Å². The molecule has 2 aromatic carbocycles. The fourth-order valence-electron chi connectivity index (χ4n) is 2.32. The maximum atomic E-state index is 9.09. The van der Waals surface area contributed by atoms with E-state index >= 15 is 0 Å². The Morgan fingerprint density at radius 1 is 1.14 bits per heavy atom. The molecule has 0 saturated heterocycles. The monoisotopic (exact) mass is 282 g/mol. The number of nitriles is 1. The van der Waals surface area contributed by atoms with Crippen molar-refractivity contribution in [3.8, 4) is 11.8 Å². The van der Waals surface area contributed by atoms with Gasteiger partial charge in [0.1, 0.15) is 11.3 Å². The third-order valence-electron chi connectivity index (χ3n) is 3.88. The molecule has 0 amide bonds. The molecule has 2 aromatic rings. The fraction of sp³-hybridized carbons (Fsp3) is 0.389. The standard InChI is InChI=1S/C18H22N2O/c1-18(14-19,20-2)12-5-6-13-21-17-11-7-9-15-8-3-4-10-16(15)17/h3-4,7-11,20H,5-6,12-13H2,1-2H3. The summed E-state index contributed by atoms with van der Waals surface area (Å²) in [5.74, 6) is 0.935. The van der Waals surface area contributed by atoms with Crippen LogP contribution in [0.2, 0.25) is 0 Å². The first-order valence-electron chi connectivity index (χ1n) is 7.39. The molecule has 0 bridgehead atoms. The zero-order valence-electron chi connectivity index (χ0n) is 12.7. The molecule has 21 heavy (non-hydrogen) atoms. The highest BCUT2D eigenvalue weighted by Crippen LogP contribution is 2.25. The van der Waals surface area contributed by atoms with Crippen molar-refractivity contribution in [2.24, 2.45) is 0 Å². The van der Waals surface area contributed by atoms with Crippen molar-refractivity contribution in [3.63, 3.8) is 0 Å². The second-order valence-electron chi connectivity index (χ2n) is 5.48. The van der Waals surface area contributed by atoms with Crippen molar-refractivity contribution >= 4 is 10.8 Å². The smallest absolute Gasteiger partial charge is 0.127 e. The highest BCUT2D eigenvalue weighted by molar-refractivity contribution is 5.88. The molecule has 0 aromatic heterocycles. The summed E-state index contributed by atoms with van der Waals surface area (Å²) in [6.45, 7) is 2.61. The molecule has 1 unspecified atom stereocenters. The average molecular weight is 282 g/mol. The van der Waals surface area contributed by atoms with Gasteiger partial charge >= 0.3 is 0 Å². The number of ether oxygens (including phenoxy) is 1. The number of hydrogen-bond acceptors (Lipinski definition) is 3. The summed E-state index contributed by atoms with van der Waals surface area (Å²) in [5.41, 5.74) is -0.431. The largest absolute Gasteiger partial charge is 0.493 e. The number of nitrogens with one attached hydrogen (secondary N) is 1. The Hall–Kier alpha value is -2.05. The second-order valence-corrected chi connectivity index (χ2v) is 5.48. The van der Waals surface area contributed by atoms with Gasteiger partial charge in [0.25, 0.3) is 0 Å². The van der Waals surface area contributed by atoms with Gasteiger partial charge < -0.3 is 10.1 Å². The van der Waals surface area contributed by atoms with Gasteiger partial charge in [-0.2, -0.15) is 5.26 Å². The fourth-order valence-corrected chi connectivity index (χ4v) is 2.32. The quantitative estimate of drug-likeness (QED) is 0.784. The summed E-state index contributed by atoms with van der Waals surface area (Å²) in [6, 6.07) is 16.7. The Morgan fingerprint density at radius 3 is 2.67 bits per heavy atom. The lowest BCUT2D eigenvalue weighted by Crippen LogP contribution is -2.37. The van der Waals surface area contributed by atoms with Crippen molar-refractivity contribution in [1.82, 2.24) is 5.32 Å². The van der Waals surface area contributed by atoms with Crippen molar-refractivity contribution < 1.29 is 4.74 Å². The predicted molar refractivity (Wildman–Crippen MR) is 86.4 cm³/mol. The Kier molecular flexibility index (Phi) is 5.19. The zero-order valence-corrected chi connectivity index (χ0v) is 12.7. The van der Waals surface area contributed by atoms with Gasteiger partial charge in [0.15, 0.2) is 0 Å². The van der Waals surface area contributed by atoms with Crippen LogP contribution in [0.15, 0.2) is 42.5 Å². The first kappa shape index (κ1) is 15.3. The van der Waals surface area contributed by atoms with E-state index in [-0.39, 0.29) is 0 Å². The summed E-state index contributed by atoms with van der Waals surface area (Å²) in [4.78, 5) is 0. The molecule has 0 fully saturated rings. The lowest BCUT2D eigenvalue weighted by atomic mass is 9.97. The molecular formula is C18H22N2O. The summed E-state index contributed by atoms with van der Waals surface area (Å²) < 4.78 is 5.90. The van der Waals surface area contributed by atoms with E-state index in [2.05, 4.69) is 29.6 Å². The van der Waals surface area contributed by atoms with Crippen molar-refractivity contribution in [1.29, 1.82) is 5.26 Å². The van der Waals surface area contributed by atoms with Crippen LogP contribution < -0.4 is 10.1 Å². The van der Waals surface area contributed by atoms with E-state index in [0.717, 1.165) is 30.4 Å². The van der Waals surface area contributed by atoms with Gasteiger partial charge in [-0.25, -0.2) is 0 Å². The minimum atomic E-state index is -0.431. The van der Waals surface area contributed by atoms with Gasteiger partial charge in [0.2, 0.25) is 0 Å². The van der Waals surface area contributed by atoms with Crippen LogP contribution >= 0.6 is 0 Å². The van der Waals surface area contributed by atoms with Crippen molar-refractivity contribution in [2.45, 2.75) is 31.7 Å². The molecule has 0 saturated carbocycles. The number of hydrogen-bond donors (Lipinski definition) is 1. The molecule has 0 heterocycles. The first-order chi connectivity index (χ1) is 10.2. The molecule has 2 rings (SSSR count). The van der Waals surface area contributed by atoms with Crippen LogP contribution in [0, 0.1) is 11.3 Å². The maximum Gasteiger partial charge on any atom is 0.127 e. The van der Waals surface area contributed by atoms with E-state index in [9.17, 15) is 0 Å². The third-order valence-corrected chi connectivity index (χ3v) is 3.88. The van der Waals surface area contributed by atoms with E-state index in [4.69, 9.17) is 10.00 Å². The molecule has 0 aliphatic rings. The summed E-state index contributed by atoms with van der Waals surface area (Å²) >= 11 is 0. The third kappa shape index (κ3) is 3.96. The molecular weight excluding hydrogens is 260 g/mol. The molecule has 0 radical (unpaired) electrons. The van der Waals surface area contributed by atoms with Gasteiger partial charge in [-0.05, 0) is 44.7 Å². The molecule has 3 heteroatoms. The number of benzene rings is 2. The minimum absolute atomic E-state index is 0.431. The lowest BCUT2D eigenvalue weighted by Gasteiger charge is -2.20. The highest BCUT2D eigenvalue weighted by Gasteiger charge is 2.19. The molecule has 0 aliphatic carbocycles. The Labute approximate surface area is 126 Å². The maximum absolute atomic E-state index is 9.09. The second kappa shape index (κ2) is 7.10. The molecule has 110 valence electrons. The van der Waals surface area contributed by atoms with E-state index in [1.54, 1.807) is 0 Å². The van der Waals surface area contributed by atoms with E-state index < -0.39 is 5.54 Å². The number of unbranched alkanes of at least 4 members (excludes halogenated alkanes) is 1. The van der Waals surface area contributed by atoms with Gasteiger partial charge in [-0.15, -0.1) is 0 Å². The SMILES string of the molecule is CNC(C)(C#N)CCCCOc1cccc2ccccc12. The van der Waals surface area contributed by atoms with Crippen molar-refractivity contribution in [2.75, 3.05) is 13.7 Å².